The molecule has 2 rings (SSSR count). The van der Waals surface area contributed by atoms with E-state index in [0.717, 1.165) is 30.9 Å². The molecule has 110 valence electrons. The van der Waals surface area contributed by atoms with Gasteiger partial charge in [0.2, 0.25) is 5.91 Å². The van der Waals surface area contributed by atoms with Crippen LogP contribution in [0.5, 0.6) is 5.75 Å². The van der Waals surface area contributed by atoms with Crippen molar-refractivity contribution in [3.05, 3.63) is 29.8 Å². The molecule has 1 fully saturated rings. The minimum absolute atomic E-state index is 0.107. The van der Waals surface area contributed by atoms with Crippen LogP contribution in [-0.2, 0) is 4.79 Å². The smallest absolute Gasteiger partial charge is 0.226 e. The summed E-state index contributed by atoms with van der Waals surface area (Å²) in [5.74, 6) is 0.933. The number of nitrogens with zero attached hydrogens (tertiary/aromatic N) is 1. The van der Waals surface area contributed by atoms with Crippen LogP contribution in [-0.4, -0.2) is 49.6 Å². The van der Waals surface area contributed by atoms with E-state index in [2.05, 4.69) is 5.32 Å². The van der Waals surface area contributed by atoms with Crippen LogP contribution < -0.4 is 15.8 Å². The zero-order valence-corrected chi connectivity index (χ0v) is 12.0. The first-order valence-electron chi connectivity index (χ1n) is 7.10. The molecular weight excluding hydrogens is 254 g/mol. The molecular formula is C15H23N3O2. The molecule has 0 aliphatic carbocycles. The summed E-state index contributed by atoms with van der Waals surface area (Å²) in [7, 11) is 0. The molecule has 1 aromatic carbocycles. The Balaban J connectivity index is 1.79. The molecule has 0 radical (unpaired) electrons. The maximum Gasteiger partial charge on any atom is 0.226 e. The number of benzene rings is 1. The largest absolute Gasteiger partial charge is 0.493 e. The number of hydrogen-bond acceptors (Lipinski definition) is 4. The third-order valence-corrected chi connectivity index (χ3v) is 3.52. The number of ether oxygens (including phenoxy) is 1. The van der Waals surface area contributed by atoms with E-state index in [9.17, 15) is 4.79 Å². The minimum Gasteiger partial charge on any atom is -0.493 e. The Morgan fingerprint density at radius 1 is 1.55 bits per heavy atom. The van der Waals surface area contributed by atoms with Crippen molar-refractivity contribution in [3.8, 4) is 5.75 Å². The van der Waals surface area contributed by atoms with E-state index in [1.54, 1.807) is 0 Å². The van der Waals surface area contributed by atoms with Gasteiger partial charge in [0.05, 0.1) is 19.1 Å². The van der Waals surface area contributed by atoms with Gasteiger partial charge in [-0.2, -0.15) is 0 Å². The SMILES string of the molecule is Cc1cccc(OCCC(=O)N2CCNCC2CN)c1. The molecule has 1 aliphatic heterocycles. The number of rotatable bonds is 5. The lowest BCUT2D eigenvalue weighted by atomic mass is 10.2. The maximum atomic E-state index is 12.2. The zero-order valence-electron chi connectivity index (χ0n) is 12.0. The second kappa shape index (κ2) is 7.26. The fraction of sp³-hybridized carbons (Fsp3) is 0.533. The van der Waals surface area contributed by atoms with Gasteiger partial charge in [0, 0.05) is 26.2 Å². The lowest BCUT2D eigenvalue weighted by molar-refractivity contribution is -0.134. The van der Waals surface area contributed by atoms with Crippen molar-refractivity contribution in [2.24, 2.45) is 5.73 Å². The Morgan fingerprint density at radius 3 is 3.15 bits per heavy atom. The third-order valence-electron chi connectivity index (χ3n) is 3.52. The highest BCUT2D eigenvalue weighted by molar-refractivity contribution is 5.76. The van der Waals surface area contributed by atoms with E-state index in [-0.39, 0.29) is 11.9 Å². The third kappa shape index (κ3) is 3.95. The predicted octanol–water partition coefficient (Wildman–Crippen LogP) is 0.523. The van der Waals surface area contributed by atoms with Crippen molar-refractivity contribution in [1.29, 1.82) is 0 Å². The van der Waals surface area contributed by atoms with Gasteiger partial charge >= 0.3 is 0 Å². The molecule has 1 unspecified atom stereocenters. The standard InChI is InChI=1S/C15H23N3O2/c1-12-3-2-4-14(9-12)20-8-5-15(19)18-7-6-17-11-13(18)10-16/h2-4,9,13,17H,5-8,10-11,16H2,1H3. The number of nitrogens with two attached hydrogens (primary N) is 1. The molecule has 1 aliphatic rings. The second-order valence-corrected chi connectivity index (χ2v) is 5.10. The van der Waals surface area contributed by atoms with Gasteiger partial charge in [0.1, 0.15) is 5.75 Å². The first kappa shape index (κ1) is 14.8. The topological polar surface area (TPSA) is 67.6 Å². The van der Waals surface area contributed by atoms with E-state index in [0.29, 0.717) is 19.6 Å². The number of hydrogen-bond donors (Lipinski definition) is 2. The van der Waals surface area contributed by atoms with Crippen LogP contribution in [0.25, 0.3) is 0 Å². The summed E-state index contributed by atoms with van der Waals surface area (Å²) in [6.45, 7) is 5.26. The fourth-order valence-electron chi connectivity index (χ4n) is 2.40. The molecule has 0 aromatic heterocycles. The second-order valence-electron chi connectivity index (χ2n) is 5.10. The van der Waals surface area contributed by atoms with Crippen LogP contribution in [0.15, 0.2) is 24.3 Å². The lowest BCUT2D eigenvalue weighted by Crippen LogP contribution is -2.56. The van der Waals surface area contributed by atoms with Crippen molar-refractivity contribution in [1.82, 2.24) is 10.2 Å². The molecule has 20 heavy (non-hydrogen) atoms. The number of carbonyl (C=O) groups excluding carboxylic acids is 1. The predicted molar refractivity (Wildman–Crippen MR) is 78.7 cm³/mol. The Labute approximate surface area is 120 Å². The summed E-state index contributed by atoms with van der Waals surface area (Å²) in [6, 6.07) is 7.95. The normalized spacial score (nSPS) is 18.9. The van der Waals surface area contributed by atoms with Gasteiger partial charge in [-0.3, -0.25) is 4.79 Å². The summed E-state index contributed by atoms with van der Waals surface area (Å²) >= 11 is 0. The summed E-state index contributed by atoms with van der Waals surface area (Å²) < 4.78 is 5.62. The Morgan fingerprint density at radius 2 is 2.40 bits per heavy atom. The van der Waals surface area contributed by atoms with Gasteiger partial charge in [0.15, 0.2) is 0 Å². The van der Waals surface area contributed by atoms with Crippen LogP contribution in [0, 0.1) is 6.92 Å². The fourth-order valence-corrected chi connectivity index (χ4v) is 2.40. The van der Waals surface area contributed by atoms with Gasteiger partial charge in [0.25, 0.3) is 0 Å². The number of nitrogens with one attached hydrogen (secondary N) is 1. The maximum absolute atomic E-state index is 12.2. The molecule has 1 heterocycles. The Kier molecular flexibility index (Phi) is 5.38. The molecule has 0 spiro atoms. The van der Waals surface area contributed by atoms with E-state index in [4.69, 9.17) is 10.5 Å². The van der Waals surface area contributed by atoms with Crippen molar-refractivity contribution in [2.75, 3.05) is 32.8 Å². The quantitative estimate of drug-likeness (QED) is 0.823. The molecule has 3 N–H and O–H groups in total. The lowest BCUT2D eigenvalue weighted by Gasteiger charge is -2.35. The van der Waals surface area contributed by atoms with Crippen LogP contribution >= 0.6 is 0 Å². The molecule has 1 atom stereocenters. The highest BCUT2D eigenvalue weighted by Gasteiger charge is 2.24. The Hall–Kier alpha value is -1.59. The first-order valence-corrected chi connectivity index (χ1v) is 7.10. The Bertz CT molecular complexity index is 450. The van der Waals surface area contributed by atoms with Gasteiger partial charge in [-0.25, -0.2) is 0 Å². The number of aryl methyl sites for hydroxylation is 1. The summed E-state index contributed by atoms with van der Waals surface area (Å²) in [5.41, 5.74) is 6.85. The van der Waals surface area contributed by atoms with E-state index < -0.39 is 0 Å². The average molecular weight is 277 g/mol. The molecule has 1 aromatic rings. The number of carbonyl (C=O) groups is 1. The van der Waals surface area contributed by atoms with Crippen LogP contribution in [0.2, 0.25) is 0 Å². The average Bonchev–Trinajstić information content (AvgIpc) is 2.47. The monoisotopic (exact) mass is 277 g/mol. The molecule has 5 nitrogen and oxygen atoms in total. The number of amides is 1. The highest BCUT2D eigenvalue weighted by Crippen LogP contribution is 2.13. The van der Waals surface area contributed by atoms with Gasteiger partial charge < -0.3 is 20.7 Å². The first-order chi connectivity index (χ1) is 9.70. The molecule has 0 bridgehead atoms. The van der Waals surface area contributed by atoms with E-state index in [1.165, 1.54) is 0 Å². The van der Waals surface area contributed by atoms with Gasteiger partial charge in [-0.05, 0) is 24.6 Å². The molecule has 1 amide bonds. The number of piperazine rings is 1. The summed E-state index contributed by atoms with van der Waals surface area (Å²) in [6.07, 6.45) is 0.393. The summed E-state index contributed by atoms with van der Waals surface area (Å²) in [4.78, 5) is 14.1. The van der Waals surface area contributed by atoms with Crippen molar-refractivity contribution in [3.63, 3.8) is 0 Å². The van der Waals surface area contributed by atoms with Crippen LogP contribution in [0.4, 0.5) is 0 Å². The van der Waals surface area contributed by atoms with Gasteiger partial charge in [-0.15, -0.1) is 0 Å². The van der Waals surface area contributed by atoms with Gasteiger partial charge in [-0.1, -0.05) is 12.1 Å². The molecule has 1 saturated heterocycles. The molecule has 0 saturated carbocycles. The summed E-state index contributed by atoms with van der Waals surface area (Å²) in [5, 5.41) is 3.25. The van der Waals surface area contributed by atoms with E-state index >= 15 is 0 Å². The minimum atomic E-state index is 0.107. The van der Waals surface area contributed by atoms with Crippen molar-refractivity contribution < 1.29 is 9.53 Å². The van der Waals surface area contributed by atoms with Crippen LogP contribution in [0.3, 0.4) is 0 Å². The van der Waals surface area contributed by atoms with E-state index in [1.807, 2.05) is 36.1 Å². The van der Waals surface area contributed by atoms with Crippen LogP contribution in [0.1, 0.15) is 12.0 Å². The van der Waals surface area contributed by atoms with Crippen molar-refractivity contribution >= 4 is 5.91 Å². The van der Waals surface area contributed by atoms with Crippen molar-refractivity contribution in [2.45, 2.75) is 19.4 Å². The highest BCUT2D eigenvalue weighted by atomic mass is 16.5. The zero-order chi connectivity index (χ0) is 14.4. The molecule has 5 heteroatoms.